The average molecular weight is 286 g/mol. The molecule has 0 saturated carbocycles. The van der Waals surface area contributed by atoms with E-state index >= 15 is 0 Å². The smallest absolute Gasteiger partial charge is 0.123 e. The molecule has 0 aromatic heterocycles. The van der Waals surface area contributed by atoms with E-state index in [2.05, 4.69) is 48.1 Å². The summed E-state index contributed by atoms with van der Waals surface area (Å²) in [6, 6.07) is 6.07. The van der Waals surface area contributed by atoms with Gasteiger partial charge in [0.15, 0.2) is 0 Å². The minimum Gasteiger partial charge on any atom is -0.496 e. The summed E-state index contributed by atoms with van der Waals surface area (Å²) in [6.07, 6.45) is 0. The number of halogens is 1. The molecule has 0 aliphatic heterocycles. The van der Waals surface area contributed by atoms with Crippen LogP contribution in [-0.2, 0) is 6.54 Å². The normalized spacial score (nSPS) is 11.6. The van der Waals surface area contributed by atoms with Crippen LogP contribution < -0.4 is 10.1 Å². The first-order chi connectivity index (χ1) is 7.42. The Balaban J connectivity index is 2.62. The standard InChI is InChI=1S/C13H20BrNO/c1-13(2,3)9-15-8-10-7-11(14)5-6-12(10)16-4/h5-7,15H,8-9H2,1-4H3. The highest BCUT2D eigenvalue weighted by Crippen LogP contribution is 2.23. The van der Waals surface area contributed by atoms with Crippen LogP contribution in [0.2, 0.25) is 0 Å². The highest BCUT2D eigenvalue weighted by molar-refractivity contribution is 9.10. The van der Waals surface area contributed by atoms with Gasteiger partial charge in [0.1, 0.15) is 5.75 Å². The Hall–Kier alpha value is -0.540. The van der Waals surface area contributed by atoms with E-state index in [9.17, 15) is 0 Å². The highest BCUT2D eigenvalue weighted by Gasteiger charge is 2.10. The molecule has 0 bridgehead atoms. The van der Waals surface area contributed by atoms with Crippen LogP contribution in [0.1, 0.15) is 26.3 Å². The third-order valence-corrected chi connectivity index (χ3v) is 2.71. The van der Waals surface area contributed by atoms with Crippen molar-refractivity contribution >= 4 is 15.9 Å². The van der Waals surface area contributed by atoms with Crippen molar-refractivity contribution in [2.75, 3.05) is 13.7 Å². The first-order valence-corrected chi connectivity index (χ1v) is 6.25. The summed E-state index contributed by atoms with van der Waals surface area (Å²) in [5.74, 6) is 0.935. The maximum atomic E-state index is 5.32. The lowest BCUT2D eigenvalue weighted by atomic mass is 9.97. The van der Waals surface area contributed by atoms with Gasteiger partial charge in [-0.2, -0.15) is 0 Å². The minimum atomic E-state index is 0.305. The van der Waals surface area contributed by atoms with Gasteiger partial charge >= 0.3 is 0 Å². The summed E-state index contributed by atoms with van der Waals surface area (Å²) >= 11 is 3.47. The predicted molar refractivity (Wildman–Crippen MR) is 71.9 cm³/mol. The first kappa shape index (κ1) is 13.5. The quantitative estimate of drug-likeness (QED) is 0.913. The number of hydrogen-bond donors (Lipinski definition) is 1. The molecule has 16 heavy (non-hydrogen) atoms. The van der Waals surface area contributed by atoms with Gasteiger partial charge in [0.2, 0.25) is 0 Å². The van der Waals surface area contributed by atoms with Crippen LogP contribution >= 0.6 is 15.9 Å². The number of ether oxygens (including phenoxy) is 1. The number of benzene rings is 1. The van der Waals surface area contributed by atoms with Crippen molar-refractivity contribution in [1.29, 1.82) is 0 Å². The molecule has 0 aliphatic carbocycles. The van der Waals surface area contributed by atoms with Crippen molar-refractivity contribution in [2.45, 2.75) is 27.3 Å². The van der Waals surface area contributed by atoms with Crippen molar-refractivity contribution in [2.24, 2.45) is 5.41 Å². The fourth-order valence-electron chi connectivity index (χ4n) is 1.46. The lowest BCUT2D eigenvalue weighted by Crippen LogP contribution is -2.26. The summed E-state index contributed by atoms with van der Waals surface area (Å²) in [5.41, 5.74) is 1.49. The van der Waals surface area contributed by atoms with Crippen molar-refractivity contribution in [3.63, 3.8) is 0 Å². The summed E-state index contributed by atoms with van der Waals surface area (Å²) < 4.78 is 6.41. The van der Waals surface area contributed by atoms with Crippen molar-refractivity contribution in [1.82, 2.24) is 5.32 Å². The Kier molecular flexibility index (Phi) is 4.81. The van der Waals surface area contributed by atoms with Crippen molar-refractivity contribution in [3.8, 4) is 5.75 Å². The lowest BCUT2D eigenvalue weighted by Gasteiger charge is -2.19. The van der Waals surface area contributed by atoms with Gasteiger partial charge in [-0.25, -0.2) is 0 Å². The molecular weight excluding hydrogens is 266 g/mol. The first-order valence-electron chi connectivity index (χ1n) is 5.45. The molecule has 0 radical (unpaired) electrons. The molecule has 0 aliphatic rings. The molecule has 0 atom stereocenters. The van der Waals surface area contributed by atoms with Gasteiger partial charge in [-0.15, -0.1) is 0 Å². The fraction of sp³-hybridized carbons (Fsp3) is 0.538. The van der Waals surface area contributed by atoms with E-state index in [1.165, 1.54) is 5.56 Å². The van der Waals surface area contributed by atoms with Gasteiger partial charge in [-0.05, 0) is 23.6 Å². The van der Waals surface area contributed by atoms with Crippen molar-refractivity contribution in [3.05, 3.63) is 28.2 Å². The van der Waals surface area contributed by atoms with Crippen LogP contribution in [0.3, 0.4) is 0 Å². The zero-order chi connectivity index (χ0) is 12.2. The second-order valence-corrected chi connectivity index (χ2v) is 6.04. The van der Waals surface area contributed by atoms with E-state index in [4.69, 9.17) is 4.74 Å². The molecule has 0 amide bonds. The Morgan fingerprint density at radius 1 is 1.31 bits per heavy atom. The third-order valence-electron chi connectivity index (χ3n) is 2.21. The van der Waals surface area contributed by atoms with E-state index in [-0.39, 0.29) is 0 Å². The number of rotatable bonds is 4. The van der Waals surface area contributed by atoms with Gasteiger partial charge in [0, 0.05) is 23.1 Å². The summed E-state index contributed by atoms with van der Waals surface area (Å²) in [4.78, 5) is 0. The largest absolute Gasteiger partial charge is 0.496 e. The molecule has 2 nitrogen and oxygen atoms in total. The molecule has 0 heterocycles. The third kappa shape index (κ3) is 4.54. The zero-order valence-corrected chi connectivity index (χ0v) is 12.0. The zero-order valence-electron chi connectivity index (χ0n) is 10.4. The topological polar surface area (TPSA) is 21.3 Å². The van der Waals surface area contributed by atoms with Gasteiger partial charge in [-0.1, -0.05) is 36.7 Å². The molecule has 1 rings (SSSR count). The number of nitrogens with one attached hydrogen (secondary N) is 1. The Labute approximate surface area is 107 Å². The SMILES string of the molecule is COc1ccc(Br)cc1CNCC(C)(C)C. The van der Waals surface area contributed by atoms with Gasteiger partial charge < -0.3 is 10.1 Å². The van der Waals surface area contributed by atoms with Gasteiger partial charge in [0.25, 0.3) is 0 Å². The van der Waals surface area contributed by atoms with E-state index in [1.54, 1.807) is 7.11 Å². The molecule has 1 aromatic rings. The number of methoxy groups -OCH3 is 1. The monoisotopic (exact) mass is 285 g/mol. The Morgan fingerprint density at radius 3 is 2.56 bits per heavy atom. The van der Waals surface area contributed by atoms with Crippen molar-refractivity contribution < 1.29 is 4.74 Å². The van der Waals surface area contributed by atoms with Crippen LogP contribution in [0.15, 0.2) is 22.7 Å². The Morgan fingerprint density at radius 2 is 2.00 bits per heavy atom. The van der Waals surface area contributed by atoms with Crippen LogP contribution in [-0.4, -0.2) is 13.7 Å². The predicted octanol–water partition coefficient (Wildman–Crippen LogP) is 3.59. The number of hydrogen-bond acceptors (Lipinski definition) is 2. The van der Waals surface area contributed by atoms with E-state index in [1.807, 2.05) is 12.1 Å². The average Bonchev–Trinajstić information content (AvgIpc) is 2.16. The molecule has 3 heteroatoms. The Bertz CT molecular complexity index is 344. The van der Waals surface area contributed by atoms with Crippen LogP contribution in [0.25, 0.3) is 0 Å². The van der Waals surface area contributed by atoms with Gasteiger partial charge in [-0.3, -0.25) is 0 Å². The van der Waals surface area contributed by atoms with Crippen LogP contribution in [0.4, 0.5) is 0 Å². The van der Waals surface area contributed by atoms with E-state index < -0.39 is 0 Å². The lowest BCUT2D eigenvalue weighted by molar-refractivity contribution is 0.372. The summed E-state index contributed by atoms with van der Waals surface area (Å²) in [5, 5.41) is 3.44. The van der Waals surface area contributed by atoms with Crippen LogP contribution in [0.5, 0.6) is 5.75 Å². The summed E-state index contributed by atoms with van der Waals surface area (Å²) in [6.45, 7) is 8.48. The summed E-state index contributed by atoms with van der Waals surface area (Å²) in [7, 11) is 1.70. The van der Waals surface area contributed by atoms with E-state index in [0.29, 0.717) is 5.41 Å². The van der Waals surface area contributed by atoms with Gasteiger partial charge in [0.05, 0.1) is 7.11 Å². The second-order valence-electron chi connectivity index (χ2n) is 5.12. The minimum absolute atomic E-state index is 0.305. The fourth-order valence-corrected chi connectivity index (χ4v) is 1.87. The molecule has 0 spiro atoms. The maximum Gasteiger partial charge on any atom is 0.123 e. The van der Waals surface area contributed by atoms with E-state index in [0.717, 1.165) is 23.3 Å². The molecule has 1 N–H and O–H groups in total. The molecule has 0 unspecified atom stereocenters. The van der Waals surface area contributed by atoms with Crippen LogP contribution in [0, 0.1) is 5.41 Å². The molecule has 0 saturated heterocycles. The maximum absolute atomic E-state index is 5.32. The molecule has 1 aromatic carbocycles. The second kappa shape index (κ2) is 5.69. The highest BCUT2D eigenvalue weighted by atomic mass is 79.9. The molecule has 90 valence electrons. The molecular formula is C13H20BrNO. The molecule has 0 fully saturated rings.